The number of carbonyl (C=O) groups is 2. The Morgan fingerprint density at radius 1 is 1.03 bits per heavy atom. The van der Waals surface area contributed by atoms with Gasteiger partial charge in [-0.25, -0.2) is 4.98 Å². The molecule has 2 amide bonds. The molecule has 0 aliphatic heterocycles. The van der Waals surface area contributed by atoms with E-state index in [2.05, 4.69) is 15.6 Å². The van der Waals surface area contributed by atoms with Gasteiger partial charge < -0.3 is 20.1 Å². The van der Waals surface area contributed by atoms with Crippen molar-refractivity contribution in [1.29, 1.82) is 0 Å². The molecule has 0 radical (unpaired) electrons. The first-order chi connectivity index (χ1) is 18.5. The summed E-state index contributed by atoms with van der Waals surface area (Å²) >= 11 is 7.56. The van der Waals surface area contributed by atoms with Crippen LogP contribution in [0, 0.1) is 12.3 Å². The molecule has 0 unspecified atom stereocenters. The minimum atomic E-state index is -0.565. The van der Waals surface area contributed by atoms with Gasteiger partial charge >= 0.3 is 0 Å². The van der Waals surface area contributed by atoms with Crippen molar-refractivity contribution in [1.82, 2.24) is 14.8 Å². The molecule has 0 saturated carbocycles. The van der Waals surface area contributed by atoms with Crippen molar-refractivity contribution >= 4 is 45.6 Å². The average molecular weight is 568 g/mol. The molecule has 39 heavy (non-hydrogen) atoms. The zero-order valence-electron chi connectivity index (χ0n) is 22.6. The third-order valence-corrected chi connectivity index (χ3v) is 7.18. The highest BCUT2D eigenvalue weighted by Gasteiger charge is 2.25. The summed E-state index contributed by atoms with van der Waals surface area (Å²) in [6, 6.07) is 14.1. The number of anilines is 2. The maximum absolute atomic E-state index is 13.5. The summed E-state index contributed by atoms with van der Waals surface area (Å²) in [6.07, 6.45) is 0. The average Bonchev–Trinajstić information content (AvgIpc) is 3.47. The first-order valence-electron chi connectivity index (χ1n) is 12.1. The molecule has 0 aliphatic rings. The van der Waals surface area contributed by atoms with E-state index >= 15 is 0 Å². The number of ether oxygens (including phenoxy) is 2. The number of aryl methyl sites for hydroxylation is 1. The zero-order chi connectivity index (χ0) is 28.3. The highest BCUT2D eigenvalue weighted by atomic mass is 35.5. The van der Waals surface area contributed by atoms with Gasteiger partial charge in [0, 0.05) is 21.7 Å². The van der Waals surface area contributed by atoms with Crippen molar-refractivity contribution in [2.45, 2.75) is 34.2 Å². The van der Waals surface area contributed by atoms with Gasteiger partial charge in [-0.2, -0.15) is 5.10 Å². The molecule has 2 aromatic carbocycles. The van der Waals surface area contributed by atoms with Gasteiger partial charge in [-0.15, -0.1) is 0 Å². The summed E-state index contributed by atoms with van der Waals surface area (Å²) in [5.41, 5.74) is 2.38. The minimum absolute atomic E-state index is 0.138. The van der Waals surface area contributed by atoms with Crippen molar-refractivity contribution in [2.75, 3.05) is 24.9 Å². The maximum Gasteiger partial charge on any atom is 0.273 e. The lowest BCUT2D eigenvalue weighted by Gasteiger charge is -2.15. The second-order valence-corrected chi connectivity index (χ2v) is 11.3. The summed E-state index contributed by atoms with van der Waals surface area (Å²) in [5.74, 6) is 0.826. The number of aromatic nitrogens is 3. The number of thiazole rings is 1. The number of amides is 2. The number of benzene rings is 2. The Labute approximate surface area is 236 Å². The number of carbonyl (C=O) groups excluding carboxylic acids is 2. The van der Waals surface area contributed by atoms with Gasteiger partial charge in [0.05, 0.1) is 31.3 Å². The Morgan fingerprint density at radius 2 is 1.74 bits per heavy atom. The molecule has 2 N–H and O–H groups in total. The zero-order valence-corrected chi connectivity index (χ0v) is 24.2. The van der Waals surface area contributed by atoms with Crippen LogP contribution in [0.4, 0.5) is 10.8 Å². The molecule has 2 heterocycles. The molecule has 0 atom stereocenters. The van der Waals surface area contributed by atoms with Crippen LogP contribution in [0.15, 0.2) is 48.5 Å². The van der Waals surface area contributed by atoms with Crippen LogP contribution in [0.2, 0.25) is 5.02 Å². The maximum atomic E-state index is 13.5. The molecule has 2 aromatic heterocycles. The Morgan fingerprint density at radius 3 is 2.38 bits per heavy atom. The van der Waals surface area contributed by atoms with Crippen molar-refractivity contribution in [2.24, 2.45) is 5.41 Å². The summed E-state index contributed by atoms with van der Waals surface area (Å²) in [7, 11) is 3.16. The lowest BCUT2D eigenvalue weighted by atomic mass is 9.96. The number of rotatable bonds is 8. The topological polar surface area (TPSA) is 107 Å². The fourth-order valence-corrected chi connectivity index (χ4v) is 4.82. The standard InChI is InChI=1S/C28H30ClN5O4S/c1-16-24(39-27(30-16)32-26(36)28(2,3)4)21-14-22(25(35)31-19-8-10-20(37-5)11-9-19)34(33-21)15-17-13-18(29)7-12-23(17)38-6/h7-14H,15H2,1-6H3,(H,31,35)(H,30,32,36). The third kappa shape index (κ3) is 6.58. The highest BCUT2D eigenvalue weighted by Crippen LogP contribution is 2.34. The summed E-state index contributed by atoms with van der Waals surface area (Å²) in [6.45, 7) is 7.59. The van der Waals surface area contributed by atoms with Crippen LogP contribution in [0.5, 0.6) is 11.5 Å². The predicted molar refractivity (Wildman–Crippen MR) is 154 cm³/mol. The van der Waals surface area contributed by atoms with Gasteiger partial charge in [-0.05, 0) is 55.5 Å². The Kier molecular flexibility index (Phi) is 8.27. The third-order valence-electron chi connectivity index (χ3n) is 5.85. The number of nitrogens with one attached hydrogen (secondary N) is 2. The SMILES string of the molecule is COc1ccc(NC(=O)c2cc(-c3sc(NC(=O)C(C)(C)C)nc3C)nn2Cc2cc(Cl)ccc2OC)cc1. The van der Waals surface area contributed by atoms with E-state index in [0.717, 1.165) is 10.4 Å². The van der Waals surface area contributed by atoms with Gasteiger partial charge in [0.15, 0.2) is 5.13 Å². The molecular formula is C28H30ClN5O4S. The van der Waals surface area contributed by atoms with E-state index in [-0.39, 0.29) is 18.4 Å². The number of nitrogens with zero attached hydrogens (tertiary/aromatic N) is 3. The molecule has 0 bridgehead atoms. The molecule has 0 saturated heterocycles. The van der Waals surface area contributed by atoms with Gasteiger partial charge in [0.25, 0.3) is 5.91 Å². The number of halogens is 1. The lowest BCUT2D eigenvalue weighted by molar-refractivity contribution is -0.123. The molecule has 4 aromatic rings. The van der Waals surface area contributed by atoms with E-state index < -0.39 is 5.41 Å². The van der Waals surface area contributed by atoms with Crippen LogP contribution in [0.3, 0.4) is 0 Å². The Bertz CT molecular complexity index is 1510. The van der Waals surface area contributed by atoms with E-state index in [1.807, 2.05) is 27.7 Å². The second-order valence-electron chi connectivity index (χ2n) is 9.85. The van der Waals surface area contributed by atoms with Crippen molar-refractivity contribution in [3.63, 3.8) is 0 Å². The summed E-state index contributed by atoms with van der Waals surface area (Å²) < 4.78 is 12.3. The molecule has 0 fully saturated rings. The predicted octanol–water partition coefficient (Wildman–Crippen LogP) is 6.27. The van der Waals surface area contributed by atoms with Crippen LogP contribution < -0.4 is 20.1 Å². The van der Waals surface area contributed by atoms with Crippen LogP contribution in [-0.4, -0.2) is 40.8 Å². The Balaban J connectivity index is 1.72. The molecule has 4 rings (SSSR count). The van der Waals surface area contributed by atoms with Crippen LogP contribution in [0.25, 0.3) is 10.6 Å². The largest absolute Gasteiger partial charge is 0.497 e. The molecule has 204 valence electrons. The fraction of sp³-hybridized carbons (Fsp3) is 0.286. The van der Waals surface area contributed by atoms with Crippen LogP contribution in [-0.2, 0) is 11.3 Å². The smallest absolute Gasteiger partial charge is 0.273 e. The lowest BCUT2D eigenvalue weighted by Crippen LogP contribution is -2.27. The van der Waals surface area contributed by atoms with Crippen molar-refractivity contribution < 1.29 is 19.1 Å². The van der Waals surface area contributed by atoms with Crippen LogP contribution >= 0.6 is 22.9 Å². The van der Waals surface area contributed by atoms with E-state index in [1.54, 1.807) is 67.4 Å². The quantitative estimate of drug-likeness (QED) is 0.260. The van der Waals surface area contributed by atoms with E-state index in [4.69, 9.17) is 26.2 Å². The van der Waals surface area contributed by atoms with Gasteiger partial charge in [-0.3, -0.25) is 14.3 Å². The van der Waals surface area contributed by atoms with Gasteiger partial charge in [-0.1, -0.05) is 43.7 Å². The molecular weight excluding hydrogens is 538 g/mol. The van der Waals surface area contributed by atoms with Crippen molar-refractivity contribution in [3.8, 4) is 22.1 Å². The van der Waals surface area contributed by atoms with Gasteiger partial charge in [0.2, 0.25) is 5.91 Å². The first kappa shape index (κ1) is 28.1. The monoisotopic (exact) mass is 567 g/mol. The van der Waals surface area contributed by atoms with E-state index in [0.29, 0.717) is 44.4 Å². The molecule has 11 heteroatoms. The number of methoxy groups -OCH3 is 2. The summed E-state index contributed by atoms with van der Waals surface area (Å²) in [4.78, 5) is 31.2. The minimum Gasteiger partial charge on any atom is -0.497 e. The first-order valence-corrected chi connectivity index (χ1v) is 13.3. The second kappa shape index (κ2) is 11.5. The normalized spacial score (nSPS) is 11.3. The summed E-state index contributed by atoms with van der Waals surface area (Å²) in [5, 5.41) is 11.6. The highest BCUT2D eigenvalue weighted by molar-refractivity contribution is 7.19. The number of hydrogen-bond acceptors (Lipinski definition) is 7. The number of hydrogen-bond donors (Lipinski definition) is 2. The van der Waals surface area contributed by atoms with Gasteiger partial charge in [0.1, 0.15) is 22.9 Å². The molecule has 0 aliphatic carbocycles. The van der Waals surface area contributed by atoms with E-state index in [1.165, 1.54) is 11.3 Å². The molecule has 9 nitrogen and oxygen atoms in total. The van der Waals surface area contributed by atoms with Crippen LogP contribution in [0.1, 0.15) is 42.5 Å². The molecule has 0 spiro atoms. The Hall–Kier alpha value is -3.89. The van der Waals surface area contributed by atoms with Crippen molar-refractivity contribution in [3.05, 3.63) is 70.5 Å². The fourth-order valence-electron chi connectivity index (χ4n) is 3.70. The van der Waals surface area contributed by atoms with E-state index in [9.17, 15) is 9.59 Å².